The normalized spacial score (nSPS) is 24.4. The van der Waals surface area contributed by atoms with Crippen LogP contribution in [0.5, 0.6) is 0 Å². The Morgan fingerprint density at radius 1 is 0.895 bits per heavy atom. The molecule has 0 amide bonds. The van der Waals surface area contributed by atoms with Crippen LogP contribution in [0.15, 0.2) is 0 Å². The molecule has 2 aliphatic heterocycles. The Morgan fingerprint density at radius 2 is 1.45 bits per heavy atom. The summed E-state index contributed by atoms with van der Waals surface area (Å²) in [6.45, 7) is 3.93. The summed E-state index contributed by atoms with van der Waals surface area (Å²) in [6, 6.07) is 0.602. The molecule has 2 fully saturated rings. The van der Waals surface area contributed by atoms with E-state index in [1.165, 1.54) is 84.0 Å². The van der Waals surface area contributed by atoms with E-state index in [4.69, 9.17) is 18.5 Å². The van der Waals surface area contributed by atoms with Gasteiger partial charge in [-0.25, -0.2) is 0 Å². The van der Waals surface area contributed by atoms with Crippen LogP contribution in [-0.4, -0.2) is 68.7 Å². The van der Waals surface area contributed by atoms with Gasteiger partial charge in [-0.3, -0.25) is 9.36 Å². The SMILES string of the molecule is CCCCCCCCCCCCCCCCOCC(COP(=O)([O-])OC1CC2CCC1[N+]2(C)C)OC(C)=O. The second kappa shape index (κ2) is 18.0. The van der Waals surface area contributed by atoms with E-state index in [0.717, 1.165) is 36.6 Å². The van der Waals surface area contributed by atoms with Crippen LogP contribution < -0.4 is 4.89 Å². The molecule has 0 aromatic heterocycles. The summed E-state index contributed by atoms with van der Waals surface area (Å²) < 4.78 is 34.7. The lowest BCUT2D eigenvalue weighted by molar-refractivity contribution is -0.913. The van der Waals surface area contributed by atoms with Gasteiger partial charge in [0.2, 0.25) is 0 Å². The third-order valence-corrected chi connectivity index (χ3v) is 9.48. The largest absolute Gasteiger partial charge is 0.756 e. The molecule has 2 rings (SSSR count). The van der Waals surface area contributed by atoms with Crippen LogP contribution in [0.2, 0.25) is 0 Å². The third-order valence-electron chi connectivity index (χ3n) is 8.49. The summed E-state index contributed by atoms with van der Waals surface area (Å²) in [5, 5.41) is 0. The molecule has 0 aromatic carbocycles. The van der Waals surface area contributed by atoms with E-state index >= 15 is 0 Å². The topological polar surface area (TPSA) is 94.1 Å². The quantitative estimate of drug-likeness (QED) is 0.0626. The summed E-state index contributed by atoms with van der Waals surface area (Å²) in [7, 11) is -0.242. The van der Waals surface area contributed by atoms with Crippen LogP contribution in [0.3, 0.4) is 0 Å². The Bertz CT molecular complexity index is 704. The molecular weight excluding hydrogens is 505 g/mol. The predicted molar refractivity (Wildman–Crippen MR) is 149 cm³/mol. The summed E-state index contributed by atoms with van der Waals surface area (Å²) in [4.78, 5) is 24.0. The molecule has 0 radical (unpaired) electrons. The monoisotopic (exact) mass is 561 g/mol. The Labute approximate surface area is 232 Å². The molecule has 8 nitrogen and oxygen atoms in total. The number of unbranched alkanes of at least 4 members (excludes halogenated alkanes) is 13. The van der Waals surface area contributed by atoms with Crippen molar-refractivity contribution in [3.63, 3.8) is 0 Å². The van der Waals surface area contributed by atoms with Gasteiger partial charge in [-0.05, 0) is 6.42 Å². The lowest BCUT2D eigenvalue weighted by atomic mass is 9.98. The van der Waals surface area contributed by atoms with E-state index in [2.05, 4.69) is 21.0 Å². The molecule has 0 saturated carbocycles. The van der Waals surface area contributed by atoms with Crippen molar-refractivity contribution in [1.29, 1.82) is 0 Å². The van der Waals surface area contributed by atoms with Crippen molar-refractivity contribution in [2.75, 3.05) is 33.9 Å². The summed E-state index contributed by atoms with van der Waals surface area (Å²) >= 11 is 0. The molecule has 2 saturated heterocycles. The van der Waals surface area contributed by atoms with Crippen molar-refractivity contribution in [2.45, 2.75) is 147 Å². The minimum Gasteiger partial charge on any atom is -0.756 e. The molecule has 5 unspecified atom stereocenters. The number of hydrogen-bond acceptors (Lipinski definition) is 7. The highest BCUT2D eigenvalue weighted by molar-refractivity contribution is 7.45. The lowest BCUT2D eigenvalue weighted by Gasteiger charge is -2.33. The van der Waals surface area contributed by atoms with E-state index < -0.39 is 19.9 Å². The van der Waals surface area contributed by atoms with Gasteiger partial charge in [-0.1, -0.05) is 90.4 Å². The first-order valence-corrected chi connectivity index (χ1v) is 16.8. The van der Waals surface area contributed by atoms with Gasteiger partial charge in [0, 0.05) is 32.8 Å². The van der Waals surface area contributed by atoms with Gasteiger partial charge in [-0.2, -0.15) is 0 Å². The van der Waals surface area contributed by atoms with Crippen molar-refractivity contribution in [2.24, 2.45) is 0 Å². The third kappa shape index (κ3) is 12.8. The standard InChI is InChI=1S/C29H56NO7P/c1-5-6-7-8-9-10-11-12-13-14-15-16-17-18-21-34-23-27(36-25(2)31)24-35-38(32,33)37-29-22-26-19-20-28(29)30(26,3)4/h26-29H,5-24H2,1-4H3. The highest BCUT2D eigenvalue weighted by atomic mass is 31.2. The fraction of sp³-hybridized carbons (Fsp3) is 0.966. The molecule has 2 bridgehead atoms. The van der Waals surface area contributed by atoms with Crippen molar-refractivity contribution < 1.29 is 37.3 Å². The van der Waals surface area contributed by atoms with E-state index in [9.17, 15) is 14.3 Å². The number of ether oxygens (including phenoxy) is 2. The van der Waals surface area contributed by atoms with Gasteiger partial charge in [0.05, 0.1) is 33.4 Å². The first-order chi connectivity index (χ1) is 18.2. The van der Waals surface area contributed by atoms with Gasteiger partial charge in [0.15, 0.2) is 0 Å². The molecule has 0 aromatic rings. The van der Waals surface area contributed by atoms with E-state index in [1.54, 1.807) is 0 Å². The van der Waals surface area contributed by atoms with Crippen LogP contribution in [0.1, 0.15) is 123 Å². The van der Waals surface area contributed by atoms with E-state index in [1.807, 2.05) is 0 Å². The minimum absolute atomic E-state index is 0.107. The van der Waals surface area contributed by atoms with Crippen molar-refractivity contribution in [3.8, 4) is 0 Å². The molecule has 9 heteroatoms. The molecule has 2 aliphatic rings. The number of phosphoric acid groups is 1. The van der Waals surface area contributed by atoms with Crippen molar-refractivity contribution in [1.82, 2.24) is 0 Å². The Kier molecular flexibility index (Phi) is 16.0. The summed E-state index contributed by atoms with van der Waals surface area (Å²) in [6.07, 6.45) is 19.8. The molecule has 5 atom stereocenters. The molecular formula is C29H56NO7P. The zero-order valence-corrected chi connectivity index (χ0v) is 25.6. The number of carbonyl (C=O) groups is 1. The Morgan fingerprint density at radius 3 is 1.92 bits per heavy atom. The van der Waals surface area contributed by atoms with E-state index in [0.29, 0.717) is 12.6 Å². The predicted octanol–water partition coefficient (Wildman–Crippen LogP) is 6.30. The van der Waals surface area contributed by atoms with Crippen LogP contribution in [0.25, 0.3) is 0 Å². The summed E-state index contributed by atoms with van der Waals surface area (Å²) in [5.74, 6) is -0.493. The number of carbonyl (C=O) groups excluding carboxylic acids is 1. The maximum Gasteiger partial charge on any atom is 0.303 e. The maximum absolute atomic E-state index is 12.5. The van der Waals surface area contributed by atoms with Gasteiger partial charge in [-0.15, -0.1) is 0 Å². The Hall–Kier alpha value is -0.500. The highest BCUT2D eigenvalue weighted by Crippen LogP contribution is 2.50. The molecule has 224 valence electrons. The average molecular weight is 562 g/mol. The van der Waals surface area contributed by atoms with Crippen LogP contribution in [-0.2, 0) is 27.9 Å². The van der Waals surface area contributed by atoms with Crippen LogP contribution in [0.4, 0.5) is 0 Å². The second-order valence-electron chi connectivity index (χ2n) is 12.0. The highest BCUT2D eigenvalue weighted by Gasteiger charge is 2.56. The van der Waals surface area contributed by atoms with Crippen LogP contribution >= 0.6 is 7.82 Å². The smallest absolute Gasteiger partial charge is 0.303 e. The van der Waals surface area contributed by atoms with E-state index in [-0.39, 0.29) is 25.4 Å². The number of hydrogen-bond donors (Lipinski definition) is 0. The number of phosphoric ester groups is 1. The van der Waals surface area contributed by atoms with Gasteiger partial charge >= 0.3 is 5.97 Å². The molecule has 0 spiro atoms. The maximum atomic E-state index is 12.5. The molecule has 38 heavy (non-hydrogen) atoms. The fourth-order valence-electron chi connectivity index (χ4n) is 6.18. The van der Waals surface area contributed by atoms with Crippen molar-refractivity contribution >= 4 is 13.8 Å². The number of likely N-dealkylation sites (N-methyl/N-ethyl adjacent to an activating group) is 1. The zero-order valence-electron chi connectivity index (χ0n) is 24.7. The fourth-order valence-corrected chi connectivity index (χ4v) is 7.14. The average Bonchev–Trinajstić information content (AvgIpc) is 3.27. The number of fused-ring (bicyclic) bond motifs is 2. The first kappa shape index (κ1) is 33.7. The van der Waals surface area contributed by atoms with Gasteiger partial charge in [0.1, 0.15) is 18.2 Å². The van der Waals surface area contributed by atoms with Crippen molar-refractivity contribution in [3.05, 3.63) is 0 Å². The second-order valence-corrected chi connectivity index (χ2v) is 13.3. The number of nitrogens with zero attached hydrogens (tertiary/aromatic N) is 1. The number of esters is 1. The van der Waals surface area contributed by atoms with Gasteiger partial charge in [0.25, 0.3) is 7.82 Å². The zero-order chi connectivity index (χ0) is 27.9. The van der Waals surface area contributed by atoms with Crippen LogP contribution in [0, 0.1) is 0 Å². The molecule has 0 aliphatic carbocycles. The minimum atomic E-state index is -4.51. The number of rotatable bonds is 23. The Balaban J connectivity index is 1.50. The van der Waals surface area contributed by atoms with Gasteiger partial charge < -0.3 is 27.9 Å². The molecule has 0 N–H and O–H groups in total. The molecule has 2 heterocycles. The summed E-state index contributed by atoms with van der Waals surface area (Å²) in [5.41, 5.74) is 0. The lowest BCUT2D eigenvalue weighted by Crippen LogP contribution is -2.46. The number of quaternary nitrogens is 1. The first-order valence-electron chi connectivity index (χ1n) is 15.4.